The minimum atomic E-state index is -0.448. The lowest BCUT2D eigenvalue weighted by Gasteiger charge is -2.36. The summed E-state index contributed by atoms with van der Waals surface area (Å²) >= 11 is 0. The number of halogens is 1. The first-order chi connectivity index (χ1) is 14.4. The highest BCUT2D eigenvalue weighted by atomic mass is 19.1. The van der Waals surface area contributed by atoms with Crippen molar-refractivity contribution in [1.29, 1.82) is 5.26 Å². The van der Waals surface area contributed by atoms with Gasteiger partial charge < -0.3 is 15.0 Å². The van der Waals surface area contributed by atoms with Crippen molar-refractivity contribution in [2.24, 2.45) is 0 Å². The zero-order valence-electron chi connectivity index (χ0n) is 17.2. The van der Waals surface area contributed by atoms with Gasteiger partial charge in [-0.15, -0.1) is 0 Å². The number of hydrogen-bond donors (Lipinski definition) is 1. The maximum Gasteiger partial charge on any atom is 0.270 e. The van der Waals surface area contributed by atoms with Gasteiger partial charge in [-0.05, 0) is 69.0 Å². The van der Waals surface area contributed by atoms with Gasteiger partial charge in [-0.25, -0.2) is 4.39 Å². The summed E-state index contributed by atoms with van der Waals surface area (Å²) in [5.41, 5.74) is 1.90. The molecule has 2 fully saturated rings. The van der Waals surface area contributed by atoms with Crippen LogP contribution in [0.2, 0.25) is 0 Å². The van der Waals surface area contributed by atoms with Gasteiger partial charge in [0.25, 0.3) is 5.91 Å². The summed E-state index contributed by atoms with van der Waals surface area (Å²) in [6.45, 7) is 5.60. The zero-order chi connectivity index (χ0) is 21.3. The third-order valence-electron chi connectivity index (χ3n) is 5.71. The Kier molecular flexibility index (Phi) is 5.44. The Labute approximate surface area is 175 Å². The molecule has 1 aromatic carbocycles. The zero-order valence-corrected chi connectivity index (χ0v) is 17.2. The predicted octanol–water partition coefficient (Wildman–Crippen LogP) is 3.21. The van der Waals surface area contributed by atoms with Gasteiger partial charge in [0.15, 0.2) is 0 Å². The largest absolute Gasteiger partial charge is 0.372 e. The summed E-state index contributed by atoms with van der Waals surface area (Å²) in [6.07, 6.45) is 3.90. The van der Waals surface area contributed by atoms with Crippen molar-refractivity contribution in [3.8, 4) is 6.07 Å². The lowest BCUT2D eigenvalue weighted by atomic mass is 9.99. The van der Waals surface area contributed by atoms with Crippen LogP contribution in [0.4, 0.5) is 10.1 Å². The lowest BCUT2D eigenvalue weighted by Crippen LogP contribution is -2.45. The van der Waals surface area contributed by atoms with Crippen LogP contribution < -0.4 is 10.2 Å². The molecule has 1 amide bonds. The van der Waals surface area contributed by atoms with Gasteiger partial charge in [0, 0.05) is 30.5 Å². The number of amides is 1. The maximum absolute atomic E-state index is 13.7. The van der Waals surface area contributed by atoms with Crippen molar-refractivity contribution in [3.05, 3.63) is 59.2 Å². The summed E-state index contributed by atoms with van der Waals surface area (Å²) in [5.74, 6) is -0.631. The molecule has 1 aliphatic heterocycles. The van der Waals surface area contributed by atoms with Crippen molar-refractivity contribution >= 4 is 11.6 Å². The fraction of sp³-hybridized carbons (Fsp3) is 0.435. The summed E-state index contributed by atoms with van der Waals surface area (Å²) < 4.78 is 19.4. The summed E-state index contributed by atoms with van der Waals surface area (Å²) in [5, 5.41) is 12.4. The van der Waals surface area contributed by atoms with E-state index in [1.807, 2.05) is 19.9 Å². The predicted molar refractivity (Wildman–Crippen MR) is 111 cm³/mol. The van der Waals surface area contributed by atoms with Crippen LogP contribution in [0.3, 0.4) is 0 Å². The molecule has 30 heavy (non-hydrogen) atoms. The number of rotatable bonds is 5. The second kappa shape index (κ2) is 8.04. The Morgan fingerprint density at radius 2 is 2.03 bits per heavy atom. The smallest absolute Gasteiger partial charge is 0.270 e. The molecule has 0 unspecified atom stereocenters. The van der Waals surface area contributed by atoms with E-state index in [1.165, 1.54) is 18.2 Å². The number of aromatic nitrogens is 1. The molecule has 156 valence electrons. The van der Waals surface area contributed by atoms with E-state index in [4.69, 9.17) is 4.74 Å². The number of ether oxygens (including phenoxy) is 1. The average molecular weight is 408 g/mol. The molecule has 0 spiro atoms. The molecule has 6 nitrogen and oxygen atoms in total. The average Bonchev–Trinajstić information content (AvgIpc) is 3.46. The molecule has 4 rings (SSSR count). The van der Waals surface area contributed by atoms with E-state index in [0.29, 0.717) is 23.2 Å². The summed E-state index contributed by atoms with van der Waals surface area (Å²) in [4.78, 5) is 19.4. The van der Waals surface area contributed by atoms with Gasteiger partial charge in [-0.2, -0.15) is 5.26 Å². The first-order valence-corrected chi connectivity index (χ1v) is 10.2. The topological polar surface area (TPSA) is 78.3 Å². The Balaban J connectivity index is 1.48. The van der Waals surface area contributed by atoms with Crippen LogP contribution in [0.1, 0.15) is 48.3 Å². The van der Waals surface area contributed by atoms with E-state index in [9.17, 15) is 14.4 Å². The van der Waals surface area contributed by atoms with E-state index < -0.39 is 5.54 Å². The molecule has 7 heteroatoms. The number of benzene rings is 1. The Bertz CT molecular complexity index is 989. The highest BCUT2D eigenvalue weighted by Crippen LogP contribution is 2.39. The Morgan fingerprint density at radius 3 is 2.70 bits per heavy atom. The number of nitrogens with zero attached hydrogens (tertiary/aromatic N) is 3. The van der Waals surface area contributed by atoms with Gasteiger partial charge >= 0.3 is 0 Å². The Hall–Kier alpha value is -2.98. The molecule has 1 saturated carbocycles. The standard InChI is InChI=1S/C23H25FN4O2/c1-15-13-28(14-16(2)30-15)20-5-8-26-21(10-20)22(29)27-23(6-7-23)11-18-9-19(24)4-3-17(18)12-25/h3-5,8-10,15-16H,6-7,11,13-14H2,1-2H3,(H,27,29)/t15-,16+. The molecule has 2 atom stereocenters. The van der Waals surface area contributed by atoms with Gasteiger partial charge in [-0.3, -0.25) is 9.78 Å². The van der Waals surface area contributed by atoms with E-state index in [-0.39, 0.29) is 23.9 Å². The van der Waals surface area contributed by atoms with Crippen molar-refractivity contribution in [2.45, 2.75) is 50.9 Å². The molecular formula is C23H25FN4O2. The van der Waals surface area contributed by atoms with Crippen LogP contribution in [-0.2, 0) is 11.2 Å². The second-order valence-electron chi connectivity index (χ2n) is 8.39. The third kappa shape index (κ3) is 4.44. The first kappa shape index (κ1) is 20.3. The monoisotopic (exact) mass is 408 g/mol. The second-order valence-corrected chi connectivity index (χ2v) is 8.39. The molecule has 0 radical (unpaired) electrons. The summed E-state index contributed by atoms with van der Waals surface area (Å²) in [7, 11) is 0. The van der Waals surface area contributed by atoms with Gasteiger partial charge in [0.05, 0.1) is 23.8 Å². The van der Waals surface area contributed by atoms with Crippen LogP contribution >= 0.6 is 0 Å². The molecule has 1 aromatic heterocycles. The number of anilines is 1. The molecule has 1 N–H and O–H groups in total. The molecular weight excluding hydrogens is 383 g/mol. The molecule has 2 aromatic rings. The number of pyridine rings is 1. The number of hydrogen-bond acceptors (Lipinski definition) is 5. The SMILES string of the molecule is C[C@@H]1CN(c2ccnc(C(=O)NC3(Cc4cc(F)ccc4C#N)CC3)c2)C[C@H](C)O1. The van der Waals surface area contributed by atoms with Crippen LogP contribution in [0.15, 0.2) is 36.5 Å². The highest BCUT2D eigenvalue weighted by Gasteiger charge is 2.44. The number of carbonyl (C=O) groups excluding carboxylic acids is 1. The highest BCUT2D eigenvalue weighted by molar-refractivity contribution is 5.94. The first-order valence-electron chi connectivity index (χ1n) is 10.2. The van der Waals surface area contributed by atoms with E-state index in [0.717, 1.165) is 31.6 Å². The fourth-order valence-electron chi connectivity index (χ4n) is 4.11. The number of carbonyl (C=O) groups is 1. The van der Waals surface area contributed by atoms with Crippen molar-refractivity contribution < 1.29 is 13.9 Å². The van der Waals surface area contributed by atoms with Crippen molar-refractivity contribution in [1.82, 2.24) is 10.3 Å². The van der Waals surface area contributed by atoms with Gasteiger partial charge in [0.2, 0.25) is 0 Å². The Morgan fingerprint density at radius 1 is 1.30 bits per heavy atom. The van der Waals surface area contributed by atoms with E-state index >= 15 is 0 Å². The van der Waals surface area contributed by atoms with Crippen molar-refractivity contribution in [3.63, 3.8) is 0 Å². The number of nitrogens with one attached hydrogen (secondary N) is 1. The fourth-order valence-corrected chi connectivity index (χ4v) is 4.11. The van der Waals surface area contributed by atoms with Crippen LogP contribution in [0.5, 0.6) is 0 Å². The third-order valence-corrected chi connectivity index (χ3v) is 5.71. The van der Waals surface area contributed by atoms with Crippen LogP contribution in [0, 0.1) is 17.1 Å². The van der Waals surface area contributed by atoms with E-state index in [1.54, 1.807) is 12.3 Å². The molecule has 2 heterocycles. The molecule has 1 saturated heterocycles. The number of nitriles is 1. The minimum Gasteiger partial charge on any atom is -0.372 e. The van der Waals surface area contributed by atoms with E-state index in [2.05, 4.69) is 21.3 Å². The van der Waals surface area contributed by atoms with Crippen LogP contribution in [0.25, 0.3) is 0 Å². The normalized spacial score (nSPS) is 22.3. The van der Waals surface area contributed by atoms with Crippen LogP contribution in [-0.4, -0.2) is 41.7 Å². The quantitative estimate of drug-likeness (QED) is 0.822. The molecule has 1 aliphatic carbocycles. The molecule has 0 bridgehead atoms. The maximum atomic E-state index is 13.7. The van der Waals surface area contributed by atoms with Gasteiger partial charge in [0.1, 0.15) is 11.5 Å². The summed E-state index contributed by atoms with van der Waals surface area (Å²) in [6, 6.07) is 9.95. The number of morpholine rings is 1. The lowest BCUT2D eigenvalue weighted by molar-refractivity contribution is -0.00522. The van der Waals surface area contributed by atoms with Gasteiger partial charge in [-0.1, -0.05) is 0 Å². The van der Waals surface area contributed by atoms with Crippen molar-refractivity contribution in [2.75, 3.05) is 18.0 Å². The minimum absolute atomic E-state index is 0.120. The molecule has 2 aliphatic rings.